The second kappa shape index (κ2) is 6.44. The van der Waals surface area contributed by atoms with E-state index in [4.69, 9.17) is 9.84 Å². The van der Waals surface area contributed by atoms with Crippen molar-refractivity contribution in [1.29, 1.82) is 0 Å². The number of nitrogens with zero attached hydrogens (tertiary/aromatic N) is 5. The van der Waals surface area contributed by atoms with Crippen LogP contribution in [0.5, 0.6) is 0 Å². The Kier molecular flexibility index (Phi) is 4.38. The van der Waals surface area contributed by atoms with Gasteiger partial charge < -0.3 is 9.64 Å². The molecule has 0 N–H and O–H groups in total. The number of fused-ring (bicyclic) bond motifs is 1. The Hall–Kier alpha value is -1.95. The monoisotopic (exact) mass is 301 g/mol. The number of hydrogen-bond acceptors (Lipinski definition) is 5. The quantitative estimate of drug-likeness (QED) is 0.847. The highest BCUT2D eigenvalue weighted by Gasteiger charge is 2.29. The van der Waals surface area contributed by atoms with Crippen molar-refractivity contribution in [3.05, 3.63) is 35.3 Å². The van der Waals surface area contributed by atoms with Gasteiger partial charge in [-0.3, -0.25) is 4.68 Å². The normalized spacial score (nSPS) is 17.6. The molecule has 3 rings (SSSR count). The second-order valence-corrected chi connectivity index (χ2v) is 5.67. The third-order valence-corrected chi connectivity index (χ3v) is 4.01. The summed E-state index contributed by atoms with van der Waals surface area (Å²) >= 11 is 0. The summed E-state index contributed by atoms with van der Waals surface area (Å²) in [4.78, 5) is 2.26. The summed E-state index contributed by atoms with van der Waals surface area (Å²) in [5.74, 6) is 1.20. The van der Waals surface area contributed by atoms with Crippen molar-refractivity contribution in [3.63, 3.8) is 0 Å². The predicted molar refractivity (Wildman–Crippen MR) is 85.0 cm³/mol. The van der Waals surface area contributed by atoms with Gasteiger partial charge >= 0.3 is 0 Å². The molecule has 1 aliphatic heterocycles. The number of hydrogen-bond donors (Lipinski definition) is 0. The summed E-state index contributed by atoms with van der Waals surface area (Å²) in [6.07, 6.45) is 2.14. The van der Waals surface area contributed by atoms with Crippen LogP contribution in [-0.2, 0) is 17.8 Å². The number of anilines is 1. The van der Waals surface area contributed by atoms with Crippen molar-refractivity contribution in [2.75, 3.05) is 24.7 Å². The van der Waals surface area contributed by atoms with Crippen molar-refractivity contribution < 1.29 is 4.74 Å². The van der Waals surface area contributed by atoms with E-state index in [-0.39, 0.29) is 5.92 Å². The molecular weight excluding hydrogens is 278 g/mol. The Bertz CT molecular complexity index is 622. The predicted octanol–water partition coefficient (Wildman–Crippen LogP) is 2.14. The summed E-state index contributed by atoms with van der Waals surface area (Å²) in [6.45, 7) is 10.1. The van der Waals surface area contributed by atoms with Gasteiger partial charge in [0.05, 0.1) is 18.0 Å². The third kappa shape index (κ3) is 2.97. The van der Waals surface area contributed by atoms with Crippen molar-refractivity contribution in [2.45, 2.75) is 39.8 Å². The van der Waals surface area contributed by atoms with Crippen LogP contribution in [0.25, 0.3) is 0 Å². The van der Waals surface area contributed by atoms with Gasteiger partial charge in [0.2, 0.25) is 0 Å². The molecule has 6 heteroatoms. The minimum absolute atomic E-state index is 0.277. The summed E-state index contributed by atoms with van der Waals surface area (Å²) in [5, 5.41) is 13.2. The smallest absolute Gasteiger partial charge is 0.151 e. The van der Waals surface area contributed by atoms with E-state index in [2.05, 4.69) is 28.2 Å². The van der Waals surface area contributed by atoms with Gasteiger partial charge in [-0.25, -0.2) is 0 Å². The molecule has 0 saturated heterocycles. The molecule has 0 aliphatic carbocycles. The maximum atomic E-state index is 5.66. The van der Waals surface area contributed by atoms with Crippen molar-refractivity contribution in [1.82, 2.24) is 20.0 Å². The first-order chi connectivity index (χ1) is 10.7. The molecule has 0 bridgehead atoms. The van der Waals surface area contributed by atoms with E-state index < -0.39 is 0 Å². The fourth-order valence-electron chi connectivity index (χ4n) is 2.85. The highest BCUT2D eigenvalue weighted by atomic mass is 16.5. The summed E-state index contributed by atoms with van der Waals surface area (Å²) in [6, 6.07) is 4.04. The van der Waals surface area contributed by atoms with Crippen molar-refractivity contribution in [3.8, 4) is 0 Å². The van der Waals surface area contributed by atoms with E-state index in [1.54, 1.807) is 0 Å². The highest BCUT2D eigenvalue weighted by Crippen LogP contribution is 2.30. The molecule has 2 aromatic rings. The summed E-state index contributed by atoms with van der Waals surface area (Å²) in [5.41, 5.74) is 3.37. The zero-order valence-electron chi connectivity index (χ0n) is 13.5. The van der Waals surface area contributed by atoms with Gasteiger partial charge in [-0.2, -0.15) is 10.2 Å². The molecule has 22 heavy (non-hydrogen) atoms. The van der Waals surface area contributed by atoms with E-state index in [9.17, 15) is 0 Å². The van der Waals surface area contributed by atoms with Gasteiger partial charge in [0, 0.05) is 43.9 Å². The molecule has 3 heterocycles. The molecule has 2 aromatic heterocycles. The lowest BCUT2D eigenvalue weighted by molar-refractivity contribution is 0.130. The first kappa shape index (κ1) is 15.0. The van der Waals surface area contributed by atoms with Crippen LogP contribution in [0.4, 0.5) is 5.82 Å². The molecule has 118 valence electrons. The molecule has 0 saturated carbocycles. The first-order valence-corrected chi connectivity index (χ1v) is 7.90. The zero-order valence-corrected chi connectivity index (χ0v) is 13.5. The van der Waals surface area contributed by atoms with Gasteiger partial charge in [0.15, 0.2) is 5.82 Å². The van der Waals surface area contributed by atoms with Crippen molar-refractivity contribution >= 4 is 5.82 Å². The van der Waals surface area contributed by atoms with Gasteiger partial charge in [0.25, 0.3) is 0 Å². The van der Waals surface area contributed by atoms with Crippen LogP contribution in [-0.4, -0.2) is 39.7 Å². The van der Waals surface area contributed by atoms with Gasteiger partial charge in [-0.05, 0) is 32.9 Å². The zero-order chi connectivity index (χ0) is 15.5. The number of aromatic nitrogens is 4. The lowest BCUT2D eigenvalue weighted by Gasteiger charge is -2.32. The van der Waals surface area contributed by atoms with Crippen LogP contribution in [0, 0.1) is 6.92 Å². The van der Waals surface area contributed by atoms with E-state index in [1.807, 2.05) is 30.7 Å². The number of rotatable bonds is 5. The molecule has 0 amide bonds. The van der Waals surface area contributed by atoms with E-state index in [0.29, 0.717) is 6.61 Å². The standard InChI is InChI=1S/C16H23N5O/c1-4-21-10-13-8-20(15-7-6-12(3)17-18-15)9-14(11-22-5-2)16(13)19-21/h6-7,10,14H,4-5,8-9,11H2,1-3H3. The SMILES string of the molecule is CCOCC1CN(c2ccc(C)nn2)Cc2cn(CC)nc21. The second-order valence-electron chi connectivity index (χ2n) is 5.67. The molecule has 1 aliphatic rings. The minimum Gasteiger partial charge on any atom is -0.381 e. The highest BCUT2D eigenvalue weighted by molar-refractivity contribution is 5.43. The Morgan fingerprint density at radius 3 is 2.82 bits per heavy atom. The van der Waals surface area contributed by atoms with Gasteiger partial charge in [-0.15, -0.1) is 5.10 Å². The molecule has 1 atom stereocenters. The molecule has 0 aromatic carbocycles. The molecule has 0 fully saturated rings. The van der Waals surface area contributed by atoms with E-state index >= 15 is 0 Å². The van der Waals surface area contributed by atoms with Crippen LogP contribution in [0.15, 0.2) is 18.3 Å². The maximum absolute atomic E-state index is 5.66. The maximum Gasteiger partial charge on any atom is 0.151 e. The average Bonchev–Trinajstić information content (AvgIpc) is 2.96. The summed E-state index contributed by atoms with van der Waals surface area (Å²) in [7, 11) is 0. The van der Waals surface area contributed by atoms with Crippen LogP contribution >= 0.6 is 0 Å². The first-order valence-electron chi connectivity index (χ1n) is 7.90. The van der Waals surface area contributed by atoms with Gasteiger partial charge in [-0.1, -0.05) is 0 Å². The van der Waals surface area contributed by atoms with Crippen LogP contribution in [0.2, 0.25) is 0 Å². The summed E-state index contributed by atoms with van der Waals surface area (Å²) < 4.78 is 7.67. The Morgan fingerprint density at radius 1 is 1.27 bits per heavy atom. The molecule has 0 radical (unpaired) electrons. The Morgan fingerprint density at radius 2 is 2.14 bits per heavy atom. The third-order valence-electron chi connectivity index (χ3n) is 4.01. The Labute approximate surface area is 131 Å². The topological polar surface area (TPSA) is 56.1 Å². The van der Waals surface area contributed by atoms with Crippen LogP contribution in [0.3, 0.4) is 0 Å². The fourth-order valence-corrected chi connectivity index (χ4v) is 2.85. The lowest BCUT2D eigenvalue weighted by Crippen LogP contribution is -2.36. The molecule has 1 unspecified atom stereocenters. The lowest BCUT2D eigenvalue weighted by atomic mass is 9.97. The largest absolute Gasteiger partial charge is 0.381 e. The fraction of sp³-hybridized carbons (Fsp3) is 0.562. The van der Waals surface area contributed by atoms with Crippen LogP contribution < -0.4 is 4.90 Å². The van der Waals surface area contributed by atoms with Gasteiger partial charge in [0.1, 0.15) is 0 Å². The molecular formula is C16H23N5O. The van der Waals surface area contributed by atoms with Crippen LogP contribution in [0.1, 0.15) is 36.7 Å². The number of aryl methyl sites for hydroxylation is 2. The Balaban J connectivity index is 1.87. The average molecular weight is 301 g/mol. The van der Waals surface area contributed by atoms with E-state index in [1.165, 1.54) is 11.3 Å². The minimum atomic E-state index is 0.277. The van der Waals surface area contributed by atoms with Crippen molar-refractivity contribution in [2.24, 2.45) is 0 Å². The van der Waals surface area contributed by atoms with E-state index in [0.717, 1.165) is 37.8 Å². The molecule has 6 nitrogen and oxygen atoms in total. The number of ether oxygens (including phenoxy) is 1. The molecule has 0 spiro atoms.